The highest BCUT2D eigenvalue weighted by Gasteiger charge is 2.30. The van der Waals surface area contributed by atoms with Gasteiger partial charge in [0.1, 0.15) is 0 Å². The highest BCUT2D eigenvalue weighted by atomic mass is 16.2. The lowest BCUT2D eigenvalue weighted by Gasteiger charge is -2.17. The van der Waals surface area contributed by atoms with Crippen molar-refractivity contribution in [1.29, 1.82) is 0 Å². The van der Waals surface area contributed by atoms with Crippen LogP contribution in [0.3, 0.4) is 0 Å². The van der Waals surface area contributed by atoms with Gasteiger partial charge in [-0.1, -0.05) is 31.2 Å². The Morgan fingerprint density at radius 1 is 1.33 bits per heavy atom. The van der Waals surface area contributed by atoms with Crippen molar-refractivity contribution in [3.8, 4) is 0 Å². The van der Waals surface area contributed by atoms with Crippen molar-refractivity contribution in [1.82, 2.24) is 15.2 Å². The number of aromatic nitrogens is 1. The van der Waals surface area contributed by atoms with Gasteiger partial charge in [0.15, 0.2) is 0 Å². The lowest BCUT2D eigenvalue weighted by atomic mass is 10.1. The molecular weight excluding hydrogens is 262 g/mol. The molecule has 0 spiro atoms. The molecule has 21 heavy (non-hydrogen) atoms. The van der Waals surface area contributed by atoms with Crippen LogP contribution in [0.25, 0.3) is 10.9 Å². The van der Waals surface area contributed by atoms with Crippen molar-refractivity contribution in [2.24, 2.45) is 0 Å². The number of benzene rings is 1. The molecular formula is C17H21N3O. The van der Waals surface area contributed by atoms with Crippen LogP contribution in [-0.4, -0.2) is 41.5 Å². The number of amides is 1. The van der Waals surface area contributed by atoms with Crippen molar-refractivity contribution in [3.05, 3.63) is 42.1 Å². The third kappa shape index (κ3) is 2.90. The Morgan fingerprint density at radius 2 is 2.19 bits per heavy atom. The predicted octanol–water partition coefficient (Wildman–Crippen LogP) is 1.99. The van der Waals surface area contributed by atoms with Crippen molar-refractivity contribution in [3.63, 3.8) is 0 Å². The molecule has 1 amide bonds. The summed E-state index contributed by atoms with van der Waals surface area (Å²) in [6.45, 7) is 4.51. The summed E-state index contributed by atoms with van der Waals surface area (Å²) < 4.78 is 0. The first-order chi connectivity index (χ1) is 10.3. The van der Waals surface area contributed by atoms with Gasteiger partial charge >= 0.3 is 0 Å². The summed E-state index contributed by atoms with van der Waals surface area (Å²) in [4.78, 5) is 18.7. The second-order valence-corrected chi connectivity index (χ2v) is 5.47. The molecule has 4 heteroatoms. The van der Waals surface area contributed by atoms with E-state index in [1.54, 1.807) is 0 Å². The molecule has 4 nitrogen and oxygen atoms in total. The van der Waals surface area contributed by atoms with Crippen LogP contribution in [0.5, 0.6) is 0 Å². The molecule has 2 aromatic rings. The average molecular weight is 283 g/mol. The minimum Gasteiger partial charge on any atom is -0.341 e. The highest BCUT2D eigenvalue weighted by Crippen LogP contribution is 2.18. The van der Waals surface area contributed by atoms with E-state index in [4.69, 9.17) is 0 Å². The monoisotopic (exact) mass is 283 g/mol. The smallest absolute Gasteiger partial charge is 0.239 e. The molecule has 1 aromatic carbocycles. The second kappa shape index (κ2) is 6.22. The van der Waals surface area contributed by atoms with E-state index in [0.29, 0.717) is 0 Å². The van der Waals surface area contributed by atoms with E-state index in [1.807, 2.05) is 24.1 Å². The van der Waals surface area contributed by atoms with Gasteiger partial charge in [0.05, 0.1) is 11.6 Å². The Kier molecular flexibility index (Phi) is 4.15. The van der Waals surface area contributed by atoms with Gasteiger partial charge in [0.2, 0.25) is 5.91 Å². The van der Waals surface area contributed by atoms with Gasteiger partial charge in [-0.15, -0.1) is 0 Å². The first kappa shape index (κ1) is 14.0. The summed E-state index contributed by atoms with van der Waals surface area (Å²) in [6.07, 6.45) is 3.60. The number of fused-ring (bicyclic) bond motifs is 1. The van der Waals surface area contributed by atoms with E-state index in [2.05, 4.69) is 34.6 Å². The Hall–Kier alpha value is -1.94. The number of carbonyl (C=O) groups excluding carboxylic acids is 1. The summed E-state index contributed by atoms with van der Waals surface area (Å²) in [5.74, 6) is 0.241. The number of hydrogen-bond donors (Lipinski definition) is 1. The average Bonchev–Trinajstić information content (AvgIpc) is 2.86. The Balaban J connectivity index is 1.69. The van der Waals surface area contributed by atoms with Gasteiger partial charge in [-0.25, -0.2) is 0 Å². The minimum absolute atomic E-state index is 0.0145. The van der Waals surface area contributed by atoms with Crippen LogP contribution in [0.2, 0.25) is 0 Å². The fraction of sp³-hybridized carbons (Fsp3) is 0.412. The molecule has 3 rings (SSSR count). The number of para-hydroxylation sites is 1. The number of carbonyl (C=O) groups is 1. The van der Waals surface area contributed by atoms with Crippen molar-refractivity contribution >= 4 is 16.8 Å². The van der Waals surface area contributed by atoms with E-state index in [0.717, 1.165) is 43.4 Å². The molecule has 0 aliphatic carbocycles. The van der Waals surface area contributed by atoms with E-state index in [-0.39, 0.29) is 11.9 Å². The van der Waals surface area contributed by atoms with Crippen LogP contribution in [0.1, 0.15) is 18.9 Å². The zero-order chi connectivity index (χ0) is 14.7. The minimum atomic E-state index is 0.0145. The maximum atomic E-state index is 12.2. The van der Waals surface area contributed by atoms with E-state index >= 15 is 0 Å². The molecule has 110 valence electrons. The van der Waals surface area contributed by atoms with Gasteiger partial charge in [-0.05, 0) is 31.0 Å². The molecule has 1 N–H and O–H groups in total. The zero-order valence-corrected chi connectivity index (χ0v) is 12.4. The number of pyridine rings is 1. The zero-order valence-electron chi connectivity index (χ0n) is 12.4. The lowest BCUT2D eigenvalue weighted by Crippen LogP contribution is -2.38. The van der Waals surface area contributed by atoms with Gasteiger partial charge in [0, 0.05) is 24.7 Å². The molecule has 1 fully saturated rings. The quantitative estimate of drug-likeness (QED) is 0.912. The second-order valence-electron chi connectivity index (χ2n) is 5.47. The third-order valence-corrected chi connectivity index (χ3v) is 4.12. The van der Waals surface area contributed by atoms with Gasteiger partial charge in [-0.2, -0.15) is 0 Å². The summed E-state index contributed by atoms with van der Waals surface area (Å²) in [5, 5.41) is 4.41. The fourth-order valence-corrected chi connectivity index (χ4v) is 3.02. The van der Waals surface area contributed by atoms with Gasteiger partial charge in [0.25, 0.3) is 0 Å². The van der Waals surface area contributed by atoms with E-state index in [1.165, 1.54) is 5.56 Å². The molecule has 2 heterocycles. The maximum absolute atomic E-state index is 12.2. The highest BCUT2D eigenvalue weighted by molar-refractivity contribution is 5.84. The number of likely N-dealkylation sites (N-methyl/N-ethyl adjacent to an activating group) is 1. The van der Waals surface area contributed by atoms with Crippen LogP contribution in [-0.2, 0) is 11.2 Å². The first-order valence-corrected chi connectivity index (χ1v) is 7.64. The normalized spacial score (nSPS) is 18.6. The van der Waals surface area contributed by atoms with Crippen LogP contribution in [0.4, 0.5) is 0 Å². The molecule has 1 unspecified atom stereocenters. The maximum Gasteiger partial charge on any atom is 0.239 e. The van der Waals surface area contributed by atoms with Crippen molar-refractivity contribution in [2.75, 3.05) is 19.6 Å². The summed E-state index contributed by atoms with van der Waals surface area (Å²) in [5.41, 5.74) is 2.27. The van der Waals surface area contributed by atoms with E-state index in [9.17, 15) is 4.79 Å². The fourth-order valence-electron chi connectivity index (χ4n) is 3.02. The number of hydrogen-bond acceptors (Lipinski definition) is 3. The van der Waals surface area contributed by atoms with Crippen LogP contribution >= 0.6 is 0 Å². The summed E-state index contributed by atoms with van der Waals surface area (Å²) in [6, 6.07) is 10.3. The summed E-state index contributed by atoms with van der Waals surface area (Å²) in [7, 11) is 0. The Morgan fingerprint density at radius 3 is 3.05 bits per heavy atom. The van der Waals surface area contributed by atoms with Crippen LogP contribution in [0.15, 0.2) is 36.5 Å². The van der Waals surface area contributed by atoms with E-state index < -0.39 is 0 Å². The molecule has 0 radical (unpaired) electrons. The number of likely N-dealkylation sites (tertiary alicyclic amines) is 1. The Labute approximate surface area is 125 Å². The molecule has 0 saturated carbocycles. The molecule has 0 bridgehead atoms. The molecule has 1 saturated heterocycles. The first-order valence-electron chi connectivity index (χ1n) is 7.64. The lowest BCUT2D eigenvalue weighted by molar-refractivity contribution is -0.129. The topological polar surface area (TPSA) is 45.2 Å². The van der Waals surface area contributed by atoms with Crippen LogP contribution < -0.4 is 5.32 Å². The van der Waals surface area contributed by atoms with Crippen molar-refractivity contribution < 1.29 is 4.79 Å². The van der Waals surface area contributed by atoms with Crippen molar-refractivity contribution in [2.45, 2.75) is 25.8 Å². The number of rotatable bonds is 5. The SMILES string of the molecule is CCNC1CCN(CCc2cccc3cccnc23)C1=O. The predicted molar refractivity (Wildman–Crippen MR) is 84.1 cm³/mol. The molecule has 1 atom stereocenters. The Bertz CT molecular complexity index is 635. The molecule has 1 aliphatic rings. The molecule has 1 aromatic heterocycles. The third-order valence-electron chi connectivity index (χ3n) is 4.12. The van der Waals surface area contributed by atoms with Gasteiger partial charge in [-0.3, -0.25) is 9.78 Å². The van der Waals surface area contributed by atoms with Crippen LogP contribution in [0, 0.1) is 0 Å². The standard InChI is InChI=1S/C17H21N3O/c1-2-18-15-9-12-20(17(15)21)11-8-14-6-3-5-13-7-4-10-19-16(13)14/h3-7,10,15,18H,2,8-9,11-12H2,1H3. The molecule has 1 aliphatic heterocycles. The largest absolute Gasteiger partial charge is 0.341 e. The summed E-state index contributed by atoms with van der Waals surface area (Å²) >= 11 is 0. The number of nitrogens with one attached hydrogen (secondary N) is 1. The number of nitrogens with zero attached hydrogens (tertiary/aromatic N) is 2. The van der Waals surface area contributed by atoms with Gasteiger partial charge < -0.3 is 10.2 Å².